The Bertz CT molecular complexity index is 446. The van der Waals surface area contributed by atoms with E-state index in [9.17, 15) is 9.59 Å². The van der Waals surface area contributed by atoms with E-state index < -0.39 is 11.8 Å². The molecule has 0 bridgehead atoms. The molecule has 1 aromatic rings. The molecule has 2 rings (SSSR count). The summed E-state index contributed by atoms with van der Waals surface area (Å²) < 4.78 is 0. The minimum Gasteiger partial charge on any atom is -0.363 e. The van der Waals surface area contributed by atoms with Gasteiger partial charge in [-0.2, -0.15) is 0 Å². The third-order valence-corrected chi connectivity index (χ3v) is 3.45. The number of piperazine rings is 1. The molecule has 2 amide bonds. The molecule has 0 radical (unpaired) electrons. The fraction of sp³-hybridized carbons (Fsp3) is 0.556. The van der Waals surface area contributed by atoms with Crippen LogP contribution >= 0.6 is 11.3 Å². The van der Waals surface area contributed by atoms with Crippen LogP contribution in [0.2, 0.25) is 0 Å². The Hall–Kier alpha value is -1.70. The van der Waals surface area contributed by atoms with E-state index in [2.05, 4.69) is 15.5 Å². The highest BCUT2D eigenvalue weighted by molar-refractivity contribution is 7.15. The number of likely N-dealkylation sites (N-methyl/N-ethyl adjacent to an activating group) is 1. The van der Waals surface area contributed by atoms with Crippen LogP contribution in [0.1, 0.15) is 5.01 Å². The van der Waals surface area contributed by atoms with Crippen LogP contribution in [-0.2, 0) is 16.1 Å². The van der Waals surface area contributed by atoms with E-state index >= 15 is 0 Å². The van der Waals surface area contributed by atoms with Gasteiger partial charge in [0.2, 0.25) is 5.13 Å². The van der Waals surface area contributed by atoms with Gasteiger partial charge in [-0.25, -0.2) is 0 Å². The Kier molecular flexibility index (Phi) is 3.23. The van der Waals surface area contributed by atoms with Crippen LogP contribution in [0.25, 0.3) is 0 Å². The van der Waals surface area contributed by atoms with Gasteiger partial charge in [0, 0.05) is 27.2 Å². The summed E-state index contributed by atoms with van der Waals surface area (Å²) in [5.41, 5.74) is 0. The SMILES string of the molecule is CNc1nnc(CN2CCN(C)C(=O)C2=O)s1. The molecule has 2 heterocycles. The Morgan fingerprint density at radius 3 is 2.71 bits per heavy atom. The van der Waals surface area contributed by atoms with Gasteiger partial charge in [-0.3, -0.25) is 9.59 Å². The number of carbonyl (C=O) groups excluding carboxylic acids is 2. The van der Waals surface area contributed by atoms with Crippen molar-refractivity contribution in [2.75, 3.05) is 32.5 Å². The van der Waals surface area contributed by atoms with Gasteiger partial charge in [0.25, 0.3) is 0 Å². The first kappa shape index (κ1) is 11.8. The lowest BCUT2D eigenvalue weighted by atomic mass is 10.3. The molecule has 0 aliphatic carbocycles. The molecule has 1 saturated heterocycles. The van der Waals surface area contributed by atoms with Crippen LogP contribution < -0.4 is 5.32 Å². The van der Waals surface area contributed by atoms with Crippen molar-refractivity contribution in [3.05, 3.63) is 5.01 Å². The Morgan fingerprint density at radius 1 is 1.29 bits per heavy atom. The molecule has 0 aromatic carbocycles. The number of anilines is 1. The van der Waals surface area contributed by atoms with Crippen molar-refractivity contribution in [2.45, 2.75) is 6.54 Å². The van der Waals surface area contributed by atoms with Gasteiger partial charge in [-0.15, -0.1) is 10.2 Å². The van der Waals surface area contributed by atoms with Gasteiger partial charge in [0.15, 0.2) is 0 Å². The third-order valence-electron chi connectivity index (χ3n) is 2.53. The molecular formula is C9H13N5O2S. The maximum atomic E-state index is 11.7. The van der Waals surface area contributed by atoms with Crippen molar-refractivity contribution in [3.63, 3.8) is 0 Å². The van der Waals surface area contributed by atoms with E-state index in [1.807, 2.05) is 0 Å². The van der Waals surface area contributed by atoms with Crippen LogP contribution in [0.15, 0.2) is 0 Å². The van der Waals surface area contributed by atoms with Crippen molar-refractivity contribution in [3.8, 4) is 0 Å². The second-order valence-electron chi connectivity index (χ2n) is 3.70. The fourth-order valence-electron chi connectivity index (χ4n) is 1.50. The normalized spacial score (nSPS) is 16.6. The minimum atomic E-state index is -0.472. The summed E-state index contributed by atoms with van der Waals surface area (Å²) in [5, 5.41) is 12.1. The molecule has 0 saturated carbocycles. The maximum absolute atomic E-state index is 11.7. The smallest absolute Gasteiger partial charge is 0.312 e. The van der Waals surface area contributed by atoms with Gasteiger partial charge in [0.1, 0.15) is 5.01 Å². The molecule has 92 valence electrons. The topological polar surface area (TPSA) is 78.4 Å². The molecule has 1 aliphatic rings. The lowest BCUT2D eigenvalue weighted by molar-refractivity contribution is -0.155. The van der Waals surface area contributed by atoms with E-state index in [4.69, 9.17) is 0 Å². The van der Waals surface area contributed by atoms with Crippen LogP contribution in [0.3, 0.4) is 0 Å². The molecule has 0 unspecified atom stereocenters. The number of hydrogen-bond acceptors (Lipinski definition) is 6. The largest absolute Gasteiger partial charge is 0.363 e. The van der Waals surface area contributed by atoms with E-state index in [0.29, 0.717) is 24.8 Å². The van der Waals surface area contributed by atoms with Crippen molar-refractivity contribution in [1.29, 1.82) is 0 Å². The van der Waals surface area contributed by atoms with Gasteiger partial charge in [-0.05, 0) is 0 Å². The zero-order valence-corrected chi connectivity index (χ0v) is 10.5. The van der Waals surface area contributed by atoms with Crippen molar-refractivity contribution in [2.24, 2.45) is 0 Å². The van der Waals surface area contributed by atoms with Gasteiger partial charge >= 0.3 is 11.8 Å². The summed E-state index contributed by atoms with van der Waals surface area (Å²) in [6, 6.07) is 0. The average Bonchev–Trinajstić information content (AvgIpc) is 2.78. The maximum Gasteiger partial charge on any atom is 0.312 e. The van der Waals surface area contributed by atoms with Gasteiger partial charge < -0.3 is 15.1 Å². The highest BCUT2D eigenvalue weighted by Crippen LogP contribution is 2.17. The van der Waals surface area contributed by atoms with E-state index in [-0.39, 0.29) is 0 Å². The summed E-state index contributed by atoms with van der Waals surface area (Å²) in [7, 11) is 3.39. The van der Waals surface area contributed by atoms with Crippen LogP contribution in [0.4, 0.5) is 5.13 Å². The molecule has 0 spiro atoms. The highest BCUT2D eigenvalue weighted by Gasteiger charge is 2.30. The Labute approximate surface area is 102 Å². The van der Waals surface area contributed by atoms with Gasteiger partial charge in [-0.1, -0.05) is 11.3 Å². The minimum absolute atomic E-state index is 0.345. The second kappa shape index (κ2) is 4.66. The summed E-state index contributed by atoms with van der Waals surface area (Å²) >= 11 is 1.38. The lowest BCUT2D eigenvalue weighted by Gasteiger charge is -2.30. The predicted octanol–water partition coefficient (Wildman–Crippen LogP) is -0.620. The van der Waals surface area contributed by atoms with Gasteiger partial charge in [0.05, 0.1) is 6.54 Å². The number of nitrogens with zero attached hydrogens (tertiary/aromatic N) is 4. The molecule has 0 atom stereocenters. The van der Waals surface area contributed by atoms with Crippen LogP contribution in [0, 0.1) is 0 Å². The number of hydrogen-bond donors (Lipinski definition) is 1. The first-order chi connectivity index (χ1) is 8.11. The number of amides is 2. The molecule has 1 aliphatic heterocycles. The monoisotopic (exact) mass is 255 g/mol. The summed E-state index contributed by atoms with van der Waals surface area (Å²) in [6.07, 6.45) is 0. The van der Waals surface area contributed by atoms with Crippen molar-refractivity contribution < 1.29 is 9.59 Å². The Morgan fingerprint density at radius 2 is 2.06 bits per heavy atom. The van der Waals surface area contributed by atoms with Crippen molar-refractivity contribution in [1.82, 2.24) is 20.0 Å². The first-order valence-electron chi connectivity index (χ1n) is 5.16. The average molecular weight is 255 g/mol. The summed E-state index contributed by atoms with van der Waals surface area (Å²) in [4.78, 5) is 26.1. The molecule has 1 aromatic heterocycles. The summed E-state index contributed by atoms with van der Waals surface area (Å²) in [5.74, 6) is -0.936. The van der Waals surface area contributed by atoms with E-state index in [0.717, 1.165) is 5.01 Å². The van der Waals surface area contributed by atoms with E-state index in [1.165, 1.54) is 21.1 Å². The fourth-order valence-corrected chi connectivity index (χ4v) is 2.21. The molecular weight excluding hydrogens is 242 g/mol. The molecule has 1 fully saturated rings. The highest BCUT2D eigenvalue weighted by atomic mass is 32.1. The van der Waals surface area contributed by atoms with Crippen LogP contribution in [0.5, 0.6) is 0 Å². The predicted molar refractivity (Wildman–Crippen MR) is 62.5 cm³/mol. The zero-order chi connectivity index (χ0) is 12.4. The summed E-state index contributed by atoms with van der Waals surface area (Å²) in [6.45, 7) is 1.44. The van der Waals surface area contributed by atoms with Crippen molar-refractivity contribution >= 4 is 28.3 Å². The zero-order valence-electron chi connectivity index (χ0n) is 9.63. The molecule has 8 heteroatoms. The van der Waals surface area contributed by atoms with E-state index in [1.54, 1.807) is 14.1 Å². The van der Waals surface area contributed by atoms with Crippen LogP contribution in [-0.4, -0.2) is 59.0 Å². The Balaban J connectivity index is 2.04. The third kappa shape index (κ3) is 2.36. The number of nitrogens with one attached hydrogen (secondary N) is 1. The second-order valence-corrected chi connectivity index (χ2v) is 4.77. The molecule has 7 nitrogen and oxygen atoms in total. The molecule has 1 N–H and O–H groups in total. The standard InChI is InChI=1S/C9H13N5O2S/c1-10-9-12-11-6(17-9)5-14-4-3-13(2)7(15)8(14)16/h3-5H2,1-2H3,(H,10,12). The number of carbonyl (C=O) groups is 2. The lowest BCUT2D eigenvalue weighted by Crippen LogP contribution is -2.52. The first-order valence-corrected chi connectivity index (χ1v) is 5.98. The molecule has 17 heavy (non-hydrogen) atoms. The number of rotatable bonds is 3. The number of aromatic nitrogens is 2. The quantitative estimate of drug-likeness (QED) is 0.728.